The van der Waals surface area contributed by atoms with Crippen molar-refractivity contribution in [3.05, 3.63) is 315 Å². The molecule has 386 valence electrons. The molecule has 0 aliphatic carbocycles. The third kappa shape index (κ3) is 8.00. The Morgan fingerprint density at radius 3 is 1.18 bits per heavy atom. The molecule has 0 spiro atoms. The fourth-order valence-corrected chi connectivity index (χ4v) is 17.9. The van der Waals surface area contributed by atoms with Gasteiger partial charge in [0.05, 0.1) is 66.1 Å². The molecular weight excluding hydrogens is 1030 g/mol. The second-order valence-corrected chi connectivity index (χ2v) is 25.4. The van der Waals surface area contributed by atoms with Gasteiger partial charge in [0, 0.05) is 44.3 Å². The van der Waals surface area contributed by atoms with Crippen molar-refractivity contribution in [2.24, 2.45) is 0 Å². The molecule has 0 N–H and O–H groups in total. The summed E-state index contributed by atoms with van der Waals surface area (Å²) in [6, 6.07) is -18.4. The lowest BCUT2D eigenvalue weighted by atomic mass is 10.1. The Labute approximate surface area is 528 Å². The minimum atomic E-state index is -6.47. The maximum atomic E-state index is 11.0. The molecule has 0 fully saturated rings. The number of furan rings is 1. The number of nitrogens with zero attached hydrogens (tertiary/aromatic N) is 4. The SMILES string of the molecule is [2H]c1cc([Si](c2c([2H])c([2H])c([2H])c([2H])c2[2H])(c2c([2H])c([2H])c([2H])c([2H])c2[2H])c2c([2H])c([2H])c([2H])c(-c3nc(-c4cc5c(cc4-n4c6ccccc6c6ccccc64)oc4ccccc45)nc(-c4c([2H])c([2H])c([2H])c([Si](c5cc([2H])c([2H])c([2H])c5[2H])(c5c([2H])c([2H])c([2H])c([2H])c5[2H])c5c([2H])c([2H])c([2H])c([2H])c5[2H])c4[2H])n3)c2[2H])c([2H])c([2H])c1[2H]. The van der Waals surface area contributed by atoms with Crippen molar-refractivity contribution in [3.63, 3.8) is 0 Å². The number of rotatable bonds is 12. The normalized spacial score (nSPS) is 18.0. The molecule has 0 aliphatic heterocycles. The standard InChI is InChI=1S/C75H52N4OSi2/c1-7-29-55(30-8-1)81(56-31-9-2-10-32-56,57-33-11-3-12-34-57)61-41-25-27-53(49-61)73-76-74(54-28-26-42-62(50-54)82(58-35-13-4-14-36-58,59-37-15-5-16-38-59)60-39-17-6-18-40-60)78-75(77-73)67-51-66-65-45-21-24-48-71(65)80-72(66)52-70(67)79-68-46-22-19-43-63(68)64-44-20-23-47-69(64)79/h1-52H/i1D,2D,3D,4D,5D,6D,7D,8D,9D,10D,11D,12D,13D,14D,15D,16D,17D,18D,25D,26D,27D,28D,29D,30D,31D,32D,33D,35D,36D,37D,38D,39D,41D,42D,49D,50D. The van der Waals surface area contributed by atoms with Gasteiger partial charge in [0.1, 0.15) is 11.2 Å². The van der Waals surface area contributed by atoms with Gasteiger partial charge in [-0.2, -0.15) is 0 Å². The van der Waals surface area contributed by atoms with Gasteiger partial charge in [0.2, 0.25) is 0 Å². The zero-order valence-electron chi connectivity index (χ0n) is 77.9. The van der Waals surface area contributed by atoms with Crippen LogP contribution in [0.3, 0.4) is 0 Å². The van der Waals surface area contributed by atoms with E-state index < -0.39 is 304 Å². The van der Waals surface area contributed by atoms with E-state index in [0.717, 1.165) is 0 Å². The maximum Gasteiger partial charge on any atom is 0.179 e. The van der Waals surface area contributed by atoms with E-state index in [9.17, 15) is 41.1 Å². The molecule has 82 heavy (non-hydrogen) atoms. The molecule has 0 unspecified atom stereocenters. The van der Waals surface area contributed by atoms with E-state index >= 15 is 0 Å². The monoisotopic (exact) mass is 1120 g/mol. The summed E-state index contributed by atoms with van der Waals surface area (Å²) in [5, 5.41) is -6.74. The van der Waals surface area contributed by atoms with E-state index in [1.54, 1.807) is 71.3 Å². The second kappa shape index (κ2) is 20.4. The van der Waals surface area contributed by atoms with E-state index in [0.29, 0.717) is 50.3 Å². The Hall–Kier alpha value is -10.3. The van der Waals surface area contributed by atoms with Gasteiger partial charge in [-0.3, -0.25) is 0 Å². The molecule has 0 atom stereocenters. The molecule has 0 saturated carbocycles. The highest BCUT2D eigenvalue weighted by Gasteiger charge is 2.43. The van der Waals surface area contributed by atoms with E-state index in [1.807, 2.05) is 12.1 Å². The van der Waals surface area contributed by atoms with Gasteiger partial charge in [-0.05, 0) is 65.8 Å². The van der Waals surface area contributed by atoms with Crippen molar-refractivity contribution in [1.29, 1.82) is 0 Å². The summed E-state index contributed by atoms with van der Waals surface area (Å²) in [7, 11) is -12.9. The summed E-state index contributed by atoms with van der Waals surface area (Å²) < 4.78 is 353. The lowest BCUT2D eigenvalue weighted by Gasteiger charge is -2.34. The Morgan fingerprint density at radius 1 is 0.317 bits per heavy atom. The molecule has 15 rings (SSSR count). The minimum absolute atomic E-state index is 0.0900. The summed E-state index contributed by atoms with van der Waals surface area (Å²) in [6.45, 7) is 0. The minimum Gasteiger partial charge on any atom is -0.456 e. The largest absolute Gasteiger partial charge is 0.456 e. The van der Waals surface area contributed by atoms with Gasteiger partial charge in [-0.15, -0.1) is 0 Å². The quantitative estimate of drug-likeness (QED) is 0.0904. The van der Waals surface area contributed by atoms with Gasteiger partial charge in [0.15, 0.2) is 33.6 Å². The van der Waals surface area contributed by atoms with Gasteiger partial charge in [-0.1, -0.05) is 284 Å². The molecule has 5 nitrogen and oxygen atoms in total. The first-order valence-electron chi connectivity index (χ1n) is 43.0. The molecule has 0 aliphatic rings. The highest BCUT2D eigenvalue weighted by molar-refractivity contribution is 7.20. The van der Waals surface area contributed by atoms with Crippen molar-refractivity contribution in [3.8, 4) is 39.9 Å². The van der Waals surface area contributed by atoms with E-state index in [2.05, 4.69) is 0 Å². The van der Waals surface area contributed by atoms with Crippen LogP contribution in [0, 0.1) is 0 Å². The van der Waals surface area contributed by atoms with Crippen LogP contribution >= 0.6 is 0 Å². The number of hydrogen-bond acceptors (Lipinski definition) is 4. The molecule has 0 radical (unpaired) electrons. The number of benzene rings is 12. The predicted molar refractivity (Wildman–Crippen MR) is 345 cm³/mol. The van der Waals surface area contributed by atoms with E-state index in [4.69, 9.17) is 27.6 Å². The van der Waals surface area contributed by atoms with E-state index in [-0.39, 0.29) is 16.8 Å². The molecule has 0 bridgehead atoms. The van der Waals surface area contributed by atoms with Gasteiger partial charge < -0.3 is 8.98 Å². The second-order valence-electron chi connectivity index (χ2n) is 18.3. The van der Waals surface area contributed by atoms with Crippen LogP contribution in [0.1, 0.15) is 49.3 Å². The van der Waals surface area contributed by atoms with Crippen molar-refractivity contribution < 1.29 is 53.8 Å². The summed E-state index contributed by atoms with van der Waals surface area (Å²) in [4.78, 5) is 14.9. The van der Waals surface area contributed by atoms with Crippen LogP contribution in [0.15, 0.2) is 319 Å². The summed E-state index contributed by atoms with van der Waals surface area (Å²) in [5.74, 6) is -2.89. The van der Waals surface area contributed by atoms with E-state index in [1.165, 1.54) is 6.07 Å². The molecule has 15 aromatic rings. The Balaban J connectivity index is 1.22. The zero-order chi connectivity index (χ0) is 85.8. The highest BCUT2D eigenvalue weighted by Crippen LogP contribution is 2.41. The number of para-hydroxylation sites is 3. The molecule has 7 heteroatoms. The summed E-state index contributed by atoms with van der Waals surface area (Å²) in [5.41, 5.74) is -0.811. The summed E-state index contributed by atoms with van der Waals surface area (Å²) in [6.07, 6.45) is 0. The lowest BCUT2D eigenvalue weighted by molar-refractivity contribution is 0.668. The van der Waals surface area contributed by atoms with Crippen molar-refractivity contribution in [2.45, 2.75) is 0 Å². The van der Waals surface area contributed by atoms with Gasteiger partial charge in [0.25, 0.3) is 0 Å². The Kier molecular flexibility index (Phi) is 6.02. The molecule has 12 aromatic carbocycles. The maximum absolute atomic E-state index is 11.0. The van der Waals surface area contributed by atoms with Crippen LogP contribution in [0.25, 0.3) is 83.6 Å². The highest BCUT2D eigenvalue weighted by atomic mass is 28.3. The average molecular weight is 1120 g/mol. The number of hydrogen-bond donors (Lipinski definition) is 0. The van der Waals surface area contributed by atoms with Crippen molar-refractivity contribution in [1.82, 2.24) is 19.5 Å². The molecular formula is C75H52N4OSi2. The fourth-order valence-electron chi connectivity index (χ4n) is 10.6. The van der Waals surface area contributed by atoms with Crippen LogP contribution in [0.2, 0.25) is 0 Å². The molecule has 3 heterocycles. The average Bonchev–Trinajstić information content (AvgIpc) is 0.864. The topological polar surface area (TPSA) is 56.7 Å². The first kappa shape index (κ1) is 24.2. The number of fused-ring (bicyclic) bond motifs is 6. The Morgan fingerprint density at radius 2 is 0.707 bits per heavy atom. The first-order valence-corrected chi connectivity index (χ1v) is 29.0. The van der Waals surface area contributed by atoms with Crippen LogP contribution in [-0.4, -0.2) is 35.7 Å². The molecule has 0 saturated heterocycles. The van der Waals surface area contributed by atoms with Gasteiger partial charge in [-0.25, -0.2) is 15.0 Å². The molecule has 0 amide bonds. The van der Waals surface area contributed by atoms with Crippen LogP contribution in [0.5, 0.6) is 0 Å². The van der Waals surface area contributed by atoms with Crippen LogP contribution < -0.4 is 41.5 Å². The predicted octanol–water partition coefficient (Wildman–Crippen LogP) is 12.6. The summed E-state index contributed by atoms with van der Waals surface area (Å²) >= 11 is 0. The van der Waals surface area contributed by atoms with Crippen LogP contribution in [-0.2, 0) is 0 Å². The first-order chi connectivity index (χ1) is 55.6. The van der Waals surface area contributed by atoms with Crippen molar-refractivity contribution >= 4 is 101 Å². The van der Waals surface area contributed by atoms with Crippen molar-refractivity contribution in [2.75, 3.05) is 0 Å². The fraction of sp³-hybridized carbons (Fsp3) is 0. The van der Waals surface area contributed by atoms with Crippen LogP contribution in [0.4, 0.5) is 0 Å². The lowest BCUT2D eigenvalue weighted by Crippen LogP contribution is -2.74. The van der Waals surface area contributed by atoms with Gasteiger partial charge >= 0.3 is 0 Å². The third-order valence-corrected chi connectivity index (χ3v) is 22.2. The Bertz CT molecular complexity index is 6470. The smallest absolute Gasteiger partial charge is 0.179 e. The molecule has 3 aromatic heterocycles. The zero-order valence-corrected chi connectivity index (χ0v) is 43.9. The third-order valence-electron chi connectivity index (χ3n) is 14.0. The number of aromatic nitrogens is 4.